The van der Waals surface area contributed by atoms with Crippen LogP contribution in [-0.4, -0.2) is 19.7 Å². The molecule has 0 amide bonds. The molecule has 0 heterocycles. The molecular weight excluding hydrogens is 333 g/mol. The Labute approximate surface area is 123 Å². The van der Waals surface area contributed by atoms with E-state index in [1.54, 1.807) is 0 Å². The molecule has 4 nitrogen and oxygen atoms in total. The molecule has 0 fully saturated rings. The molecule has 0 saturated heterocycles. The number of sulfonamides is 1. The van der Waals surface area contributed by atoms with E-state index in [1.165, 1.54) is 20.8 Å². The van der Waals surface area contributed by atoms with Gasteiger partial charge in [0.25, 0.3) is 0 Å². The van der Waals surface area contributed by atoms with Gasteiger partial charge in [0, 0.05) is 11.5 Å². The third kappa shape index (κ3) is 3.73. The van der Waals surface area contributed by atoms with Crippen molar-refractivity contribution in [1.29, 1.82) is 0 Å². The zero-order chi connectivity index (χ0) is 17.5. The maximum Gasteiger partial charge on any atom is 0.516 e. The Morgan fingerprint density at radius 2 is 1.55 bits per heavy atom. The zero-order valence-corrected chi connectivity index (χ0v) is 12.5. The van der Waals surface area contributed by atoms with Crippen LogP contribution in [0.2, 0.25) is 0 Å². The second-order valence-corrected chi connectivity index (χ2v) is 7.12. The second kappa shape index (κ2) is 5.49. The van der Waals surface area contributed by atoms with Gasteiger partial charge in [0.15, 0.2) is 5.78 Å². The predicted molar refractivity (Wildman–Crippen MR) is 68.7 cm³/mol. The average Bonchev–Trinajstić information content (AvgIpc) is 2.29. The Morgan fingerprint density at radius 1 is 1.05 bits per heavy atom. The van der Waals surface area contributed by atoms with E-state index < -0.39 is 49.6 Å². The van der Waals surface area contributed by atoms with Gasteiger partial charge < -0.3 is 0 Å². The number of Topliss-reactive ketones (excluding diaryl/α,β-unsaturated/α-hetero) is 1. The SMILES string of the molecule is CC(C)(C)C(=O)c1cc(NS(=O)(=O)C(F)(F)F)c(F)cc1F. The summed E-state index contributed by atoms with van der Waals surface area (Å²) >= 11 is 0. The van der Waals surface area contributed by atoms with Crippen LogP contribution in [0.3, 0.4) is 0 Å². The summed E-state index contributed by atoms with van der Waals surface area (Å²) in [6.45, 7) is 4.24. The average molecular weight is 345 g/mol. The number of anilines is 1. The first-order valence-corrected chi connectivity index (χ1v) is 7.28. The fraction of sp³-hybridized carbons (Fsp3) is 0.417. The lowest BCUT2D eigenvalue weighted by Crippen LogP contribution is -2.30. The van der Waals surface area contributed by atoms with E-state index in [2.05, 4.69) is 0 Å². The van der Waals surface area contributed by atoms with E-state index >= 15 is 0 Å². The number of ketones is 1. The molecule has 0 bridgehead atoms. The molecule has 1 rings (SSSR count). The monoisotopic (exact) mass is 345 g/mol. The fourth-order valence-electron chi connectivity index (χ4n) is 1.41. The van der Waals surface area contributed by atoms with E-state index in [0.29, 0.717) is 6.07 Å². The molecule has 10 heteroatoms. The first-order chi connectivity index (χ1) is 9.67. The topological polar surface area (TPSA) is 63.2 Å². The maximum atomic E-state index is 13.6. The third-order valence-electron chi connectivity index (χ3n) is 2.53. The molecular formula is C12H12F5NO3S. The number of halogens is 5. The number of alkyl halides is 3. The van der Waals surface area contributed by atoms with Gasteiger partial charge in [-0.15, -0.1) is 0 Å². The summed E-state index contributed by atoms with van der Waals surface area (Å²) < 4.78 is 86.7. The number of carbonyl (C=O) groups is 1. The lowest BCUT2D eigenvalue weighted by Gasteiger charge is -2.18. The summed E-state index contributed by atoms with van der Waals surface area (Å²) in [6, 6.07) is 0.550. The number of nitrogens with one attached hydrogen (secondary N) is 1. The molecule has 0 aromatic heterocycles. The minimum absolute atomic E-state index is 0.146. The smallest absolute Gasteiger partial charge is 0.293 e. The highest BCUT2D eigenvalue weighted by Gasteiger charge is 2.46. The minimum atomic E-state index is -5.89. The van der Waals surface area contributed by atoms with E-state index in [9.17, 15) is 35.2 Å². The number of carbonyl (C=O) groups excluding carboxylic acids is 1. The largest absolute Gasteiger partial charge is 0.516 e. The zero-order valence-electron chi connectivity index (χ0n) is 11.7. The van der Waals surface area contributed by atoms with Crippen molar-refractivity contribution in [2.45, 2.75) is 26.3 Å². The van der Waals surface area contributed by atoms with Gasteiger partial charge in [0.2, 0.25) is 0 Å². The first kappa shape index (κ1) is 18.3. The highest BCUT2D eigenvalue weighted by molar-refractivity contribution is 7.93. The molecule has 124 valence electrons. The highest BCUT2D eigenvalue weighted by Crippen LogP contribution is 2.30. The van der Waals surface area contributed by atoms with Crippen LogP contribution in [0.4, 0.5) is 27.6 Å². The summed E-state index contributed by atoms with van der Waals surface area (Å²) in [7, 11) is -5.89. The van der Waals surface area contributed by atoms with Crippen molar-refractivity contribution in [2.24, 2.45) is 5.41 Å². The van der Waals surface area contributed by atoms with Gasteiger partial charge in [-0.1, -0.05) is 20.8 Å². The maximum absolute atomic E-state index is 13.6. The molecule has 0 aliphatic rings. The van der Waals surface area contributed by atoms with E-state index in [-0.39, 0.29) is 6.07 Å². The van der Waals surface area contributed by atoms with Crippen molar-refractivity contribution in [3.63, 3.8) is 0 Å². The molecule has 0 saturated carbocycles. The number of rotatable bonds is 3. The van der Waals surface area contributed by atoms with Gasteiger partial charge >= 0.3 is 15.5 Å². The second-order valence-electron chi connectivity index (χ2n) is 5.44. The molecule has 1 N–H and O–H groups in total. The van der Waals surface area contributed by atoms with Gasteiger partial charge in [-0.2, -0.15) is 21.6 Å². The molecule has 22 heavy (non-hydrogen) atoms. The highest BCUT2D eigenvalue weighted by atomic mass is 32.2. The molecule has 0 aliphatic heterocycles. The molecule has 0 radical (unpaired) electrons. The Bertz CT molecular complexity index is 705. The van der Waals surface area contributed by atoms with Gasteiger partial charge in [-0.3, -0.25) is 9.52 Å². The van der Waals surface area contributed by atoms with Crippen LogP contribution in [0.25, 0.3) is 0 Å². The molecule has 1 aromatic rings. The van der Waals surface area contributed by atoms with Crippen LogP contribution < -0.4 is 4.72 Å². The number of hydrogen-bond donors (Lipinski definition) is 1. The van der Waals surface area contributed by atoms with Crippen molar-refractivity contribution in [1.82, 2.24) is 0 Å². The first-order valence-electron chi connectivity index (χ1n) is 5.80. The Kier molecular flexibility index (Phi) is 4.57. The minimum Gasteiger partial charge on any atom is -0.293 e. The lowest BCUT2D eigenvalue weighted by atomic mass is 9.86. The van der Waals surface area contributed by atoms with Crippen LogP contribution in [0.1, 0.15) is 31.1 Å². The van der Waals surface area contributed by atoms with Gasteiger partial charge in [-0.25, -0.2) is 8.78 Å². The summed E-state index contributed by atoms with van der Waals surface area (Å²) in [4.78, 5) is 12.0. The quantitative estimate of drug-likeness (QED) is 0.674. The van der Waals surface area contributed by atoms with Crippen molar-refractivity contribution >= 4 is 21.5 Å². The van der Waals surface area contributed by atoms with Crippen molar-refractivity contribution < 1.29 is 35.2 Å². The van der Waals surface area contributed by atoms with Crippen molar-refractivity contribution in [3.05, 3.63) is 29.3 Å². The van der Waals surface area contributed by atoms with E-state index in [0.717, 1.165) is 4.72 Å². The molecule has 0 atom stereocenters. The number of hydrogen-bond acceptors (Lipinski definition) is 3. The van der Waals surface area contributed by atoms with Crippen LogP contribution >= 0.6 is 0 Å². The third-order valence-corrected chi connectivity index (χ3v) is 3.63. The normalized spacial score (nSPS) is 13.1. The molecule has 0 unspecified atom stereocenters. The van der Waals surface area contributed by atoms with Crippen LogP contribution in [0.15, 0.2) is 12.1 Å². The summed E-state index contributed by atoms with van der Waals surface area (Å²) in [5.41, 5.74) is -8.65. The van der Waals surface area contributed by atoms with Gasteiger partial charge in [-0.05, 0) is 6.07 Å². The molecule has 1 aromatic carbocycles. The van der Waals surface area contributed by atoms with Crippen LogP contribution in [0.5, 0.6) is 0 Å². The van der Waals surface area contributed by atoms with Gasteiger partial charge in [0.05, 0.1) is 11.3 Å². The lowest BCUT2D eigenvalue weighted by molar-refractivity contribution is -0.0429. The van der Waals surface area contributed by atoms with E-state index in [1.807, 2.05) is 0 Å². The van der Waals surface area contributed by atoms with Crippen molar-refractivity contribution in [2.75, 3.05) is 4.72 Å². The Hall–Kier alpha value is -1.71. The Balaban J connectivity index is 3.39. The standard InChI is InChI=1S/C12H12F5NO3S/c1-11(2,3)10(19)6-4-9(8(14)5-7(6)13)18-22(20,21)12(15,16)17/h4-5,18H,1-3H3. The van der Waals surface area contributed by atoms with Crippen LogP contribution in [-0.2, 0) is 10.0 Å². The fourth-order valence-corrected chi connectivity index (χ4v) is 1.97. The summed E-state index contributed by atoms with van der Waals surface area (Å²) in [5, 5.41) is 0. The summed E-state index contributed by atoms with van der Waals surface area (Å²) in [5.74, 6) is -3.69. The van der Waals surface area contributed by atoms with Crippen LogP contribution in [0, 0.1) is 17.0 Å². The summed E-state index contributed by atoms with van der Waals surface area (Å²) in [6.07, 6.45) is 0. The number of benzene rings is 1. The Morgan fingerprint density at radius 3 is 1.95 bits per heavy atom. The van der Waals surface area contributed by atoms with Crippen molar-refractivity contribution in [3.8, 4) is 0 Å². The predicted octanol–water partition coefficient (Wildman–Crippen LogP) is 3.46. The molecule has 0 spiro atoms. The van der Waals surface area contributed by atoms with E-state index in [4.69, 9.17) is 0 Å². The van der Waals surface area contributed by atoms with Gasteiger partial charge in [0.1, 0.15) is 11.6 Å². The molecule has 0 aliphatic carbocycles.